The predicted molar refractivity (Wildman–Crippen MR) is 30.0 cm³/mol. The van der Waals surface area contributed by atoms with Crippen molar-refractivity contribution in [1.82, 2.24) is 0 Å². The molecule has 0 radical (unpaired) electrons. The number of carbonyl (C=O) groups is 2. The third kappa shape index (κ3) is 3.50. The SMILES string of the molecule is N[C@@H](CC(=O)OO)C(=O)OO. The van der Waals surface area contributed by atoms with Gasteiger partial charge >= 0.3 is 11.9 Å². The fourth-order valence-electron chi connectivity index (χ4n) is 0.368. The Morgan fingerprint density at radius 2 is 1.91 bits per heavy atom. The smallest absolute Gasteiger partial charge is 0.318 e. The first kappa shape index (κ1) is 9.82. The van der Waals surface area contributed by atoms with Gasteiger partial charge in [-0.15, -0.1) is 0 Å². The summed E-state index contributed by atoms with van der Waals surface area (Å²) in [7, 11) is 0. The van der Waals surface area contributed by atoms with Crippen molar-refractivity contribution in [2.45, 2.75) is 12.5 Å². The van der Waals surface area contributed by atoms with Crippen LogP contribution in [0, 0.1) is 0 Å². The lowest BCUT2D eigenvalue weighted by atomic mass is 10.2. The molecule has 1 atom stereocenters. The number of hydrogen-bond acceptors (Lipinski definition) is 7. The van der Waals surface area contributed by atoms with Crippen molar-refractivity contribution < 1.29 is 29.9 Å². The molecular weight excluding hydrogens is 158 g/mol. The Kier molecular flexibility index (Phi) is 4.11. The number of rotatable bonds is 3. The van der Waals surface area contributed by atoms with Gasteiger partial charge in [-0.1, -0.05) is 0 Å². The molecular formula is C4H7NO6. The van der Waals surface area contributed by atoms with Crippen LogP contribution < -0.4 is 5.73 Å². The Labute approximate surface area is 61.2 Å². The van der Waals surface area contributed by atoms with Crippen molar-refractivity contribution in [3.05, 3.63) is 0 Å². The predicted octanol–water partition coefficient (Wildman–Crippen LogP) is -1.26. The van der Waals surface area contributed by atoms with Crippen molar-refractivity contribution in [3.63, 3.8) is 0 Å². The van der Waals surface area contributed by atoms with Crippen LogP contribution in [0.2, 0.25) is 0 Å². The molecule has 0 rings (SSSR count). The molecule has 0 unspecified atom stereocenters. The van der Waals surface area contributed by atoms with E-state index in [4.69, 9.17) is 16.2 Å². The third-order valence-electron chi connectivity index (χ3n) is 0.881. The Balaban J connectivity index is 3.77. The highest BCUT2D eigenvalue weighted by atomic mass is 17.1. The Hall–Kier alpha value is -1.18. The van der Waals surface area contributed by atoms with E-state index in [-0.39, 0.29) is 0 Å². The molecule has 0 aliphatic heterocycles. The molecule has 0 aromatic heterocycles. The van der Waals surface area contributed by atoms with Crippen LogP contribution in [0.3, 0.4) is 0 Å². The van der Waals surface area contributed by atoms with Gasteiger partial charge < -0.3 is 10.6 Å². The van der Waals surface area contributed by atoms with Crippen LogP contribution in [0.25, 0.3) is 0 Å². The van der Waals surface area contributed by atoms with Gasteiger partial charge in [0.15, 0.2) is 0 Å². The average Bonchev–Trinajstić information content (AvgIpc) is 2.02. The standard InChI is InChI=1S/C4H7NO6/c5-2(4(7)11-9)1-3(6)10-8/h2,8-9H,1,5H2/t2-/m0/s1. The van der Waals surface area contributed by atoms with E-state index in [1.54, 1.807) is 0 Å². The fraction of sp³-hybridized carbons (Fsp3) is 0.500. The topological polar surface area (TPSA) is 119 Å². The first-order valence-electron chi connectivity index (χ1n) is 2.57. The van der Waals surface area contributed by atoms with Crippen molar-refractivity contribution in [1.29, 1.82) is 0 Å². The highest BCUT2D eigenvalue weighted by Gasteiger charge is 2.19. The van der Waals surface area contributed by atoms with Gasteiger partial charge in [0.1, 0.15) is 6.04 Å². The normalized spacial score (nSPS) is 11.9. The molecule has 0 heterocycles. The molecule has 7 nitrogen and oxygen atoms in total. The molecule has 64 valence electrons. The average molecular weight is 165 g/mol. The van der Waals surface area contributed by atoms with Gasteiger partial charge in [0.05, 0.1) is 6.42 Å². The van der Waals surface area contributed by atoms with E-state index in [1.807, 2.05) is 0 Å². The molecule has 0 aromatic rings. The molecule has 0 saturated carbocycles. The van der Waals surface area contributed by atoms with Crippen LogP contribution in [0.15, 0.2) is 0 Å². The zero-order chi connectivity index (χ0) is 8.85. The second kappa shape index (κ2) is 4.61. The Morgan fingerprint density at radius 3 is 2.27 bits per heavy atom. The summed E-state index contributed by atoms with van der Waals surface area (Å²) >= 11 is 0. The Bertz CT molecular complexity index is 157. The van der Waals surface area contributed by atoms with Gasteiger partial charge in [-0.2, -0.15) is 10.5 Å². The summed E-state index contributed by atoms with van der Waals surface area (Å²) in [5.41, 5.74) is 4.96. The molecule has 11 heavy (non-hydrogen) atoms. The summed E-state index contributed by atoms with van der Waals surface area (Å²) in [6.07, 6.45) is -0.560. The van der Waals surface area contributed by atoms with Crippen molar-refractivity contribution >= 4 is 11.9 Å². The summed E-state index contributed by atoms with van der Waals surface area (Å²) in [5, 5.41) is 15.5. The molecule has 0 amide bonds. The molecule has 0 bridgehead atoms. The fourth-order valence-corrected chi connectivity index (χ4v) is 0.368. The summed E-state index contributed by atoms with van der Waals surface area (Å²) < 4.78 is 0. The largest absolute Gasteiger partial charge is 0.359 e. The van der Waals surface area contributed by atoms with Crippen LogP contribution in [-0.2, 0) is 19.4 Å². The van der Waals surface area contributed by atoms with Crippen molar-refractivity contribution in [2.24, 2.45) is 5.73 Å². The minimum atomic E-state index is -1.33. The molecule has 0 fully saturated rings. The number of carbonyl (C=O) groups excluding carboxylic acids is 2. The van der Waals surface area contributed by atoms with E-state index in [0.29, 0.717) is 0 Å². The maximum atomic E-state index is 10.3. The van der Waals surface area contributed by atoms with E-state index >= 15 is 0 Å². The zero-order valence-electron chi connectivity index (χ0n) is 5.39. The quantitative estimate of drug-likeness (QED) is 0.352. The van der Waals surface area contributed by atoms with E-state index in [0.717, 1.165) is 0 Å². The van der Waals surface area contributed by atoms with Gasteiger partial charge in [0, 0.05) is 0 Å². The van der Waals surface area contributed by atoms with Crippen LogP contribution in [0.1, 0.15) is 6.42 Å². The second-order valence-corrected chi connectivity index (χ2v) is 1.68. The maximum absolute atomic E-state index is 10.3. The lowest BCUT2D eigenvalue weighted by molar-refractivity contribution is -0.242. The van der Waals surface area contributed by atoms with E-state index in [9.17, 15) is 9.59 Å². The summed E-state index contributed by atoms with van der Waals surface area (Å²) in [4.78, 5) is 26.9. The molecule has 4 N–H and O–H groups in total. The van der Waals surface area contributed by atoms with Crippen molar-refractivity contribution in [3.8, 4) is 0 Å². The summed E-state index contributed by atoms with van der Waals surface area (Å²) in [6, 6.07) is -1.33. The lowest BCUT2D eigenvalue weighted by Gasteiger charge is -2.03. The lowest BCUT2D eigenvalue weighted by Crippen LogP contribution is -2.34. The summed E-state index contributed by atoms with van der Waals surface area (Å²) in [6.45, 7) is 0. The van der Waals surface area contributed by atoms with E-state index in [2.05, 4.69) is 9.78 Å². The molecule has 0 aliphatic rings. The first-order chi connectivity index (χ1) is 5.11. The monoisotopic (exact) mass is 165 g/mol. The zero-order valence-corrected chi connectivity index (χ0v) is 5.39. The van der Waals surface area contributed by atoms with Crippen LogP contribution >= 0.6 is 0 Å². The number of hydrogen-bond donors (Lipinski definition) is 3. The van der Waals surface area contributed by atoms with Crippen molar-refractivity contribution in [2.75, 3.05) is 0 Å². The van der Waals surface area contributed by atoms with Gasteiger partial charge in [-0.3, -0.25) is 4.89 Å². The minimum absolute atomic E-state index is 0.560. The minimum Gasteiger partial charge on any atom is -0.318 e. The number of nitrogens with two attached hydrogens (primary N) is 1. The molecule has 7 heteroatoms. The van der Waals surface area contributed by atoms with Gasteiger partial charge in [0.2, 0.25) is 0 Å². The molecule has 0 spiro atoms. The van der Waals surface area contributed by atoms with Gasteiger partial charge in [-0.05, 0) is 0 Å². The van der Waals surface area contributed by atoms with E-state index < -0.39 is 24.4 Å². The van der Waals surface area contributed by atoms with Crippen LogP contribution in [0.4, 0.5) is 0 Å². The van der Waals surface area contributed by atoms with Crippen LogP contribution in [0.5, 0.6) is 0 Å². The van der Waals surface area contributed by atoms with Crippen LogP contribution in [-0.4, -0.2) is 28.5 Å². The van der Waals surface area contributed by atoms with E-state index in [1.165, 1.54) is 0 Å². The third-order valence-corrected chi connectivity index (χ3v) is 0.881. The highest BCUT2D eigenvalue weighted by molar-refractivity contribution is 5.81. The summed E-state index contributed by atoms with van der Waals surface area (Å²) in [5.74, 6) is -2.25. The molecule has 0 aliphatic carbocycles. The second-order valence-electron chi connectivity index (χ2n) is 1.68. The first-order valence-corrected chi connectivity index (χ1v) is 2.57. The van der Waals surface area contributed by atoms with Gasteiger partial charge in [-0.25, -0.2) is 9.59 Å². The molecule has 0 aromatic carbocycles. The van der Waals surface area contributed by atoms with Gasteiger partial charge in [0.25, 0.3) is 0 Å². The molecule has 0 saturated heterocycles. The maximum Gasteiger partial charge on any atom is 0.359 e. The highest BCUT2D eigenvalue weighted by Crippen LogP contribution is 1.92. The Morgan fingerprint density at radius 1 is 1.36 bits per heavy atom.